The molecule has 0 heterocycles. The summed E-state index contributed by atoms with van der Waals surface area (Å²) in [6.07, 6.45) is -2.65. The van der Waals surface area contributed by atoms with E-state index in [1.807, 2.05) is 0 Å². The van der Waals surface area contributed by atoms with Gasteiger partial charge in [-0.2, -0.15) is 16.8 Å². The molecule has 17 heavy (non-hydrogen) atoms. The number of rotatable bonds is 7. The van der Waals surface area contributed by atoms with Crippen molar-refractivity contribution in [2.24, 2.45) is 0 Å². The number of hydrogen-bond acceptors (Lipinski definition) is 4. The SMILES string of the molecule is CCCC(F)(CCC(F)S(=O)(=O)O)S(=O)(=O)O. The second-order valence-electron chi connectivity index (χ2n) is 3.57. The van der Waals surface area contributed by atoms with Crippen molar-refractivity contribution >= 4 is 20.2 Å². The van der Waals surface area contributed by atoms with E-state index in [1.165, 1.54) is 6.92 Å². The summed E-state index contributed by atoms with van der Waals surface area (Å²) in [6, 6.07) is 0. The lowest BCUT2D eigenvalue weighted by atomic mass is 10.1. The lowest BCUT2D eigenvalue weighted by Gasteiger charge is -2.21. The van der Waals surface area contributed by atoms with Crippen LogP contribution in [0.4, 0.5) is 8.78 Å². The maximum Gasteiger partial charge on any atom is 0.300 e. The average Bonchev–Trinajstić information content (AvgIpc) is 2.11. The van der Waals surface area contributed by atoms with E-state index < -0.39 is 50.0 Å². The van der Waals surface area contributed by atoms with Crippen LogP contribution in [0, 0.1) is 0 Å². The van der Waals surface area contributed by atoms with E-state index in [1.54, 1.807) is 0 Å². The van der Waals surface area contributed by atoms with Crippen LogP contribution >= 0.6 is 0 Å². The third-order valence-electron chi connectivity index (χ3n) is 2.15. The van der Waals surface area contributed by atoms with Crippen molar-refractivity contribution in [3.8, 4) is 0 Å². The Hall–Kier alpha value is -0.320. The Balaban J connectivity index is 4.83. The fourth-order valence-electron chi connectivity index (χ4n) is 1.23. The molecule has 0 rings (SSSR count). The standard InChI is InChI=1S/C7H14F2O6S2/c1-2-4-7(9,17(13,14)15)5-3-6(8)16(10,11)12/h6H,2-5H2,1H3,(H,10,11,12)(H,13,14,15). The quantitative estimate of drug-likeness (QED) is 0.685. The molecule has 2 N–H and O–H groups in total. The van der Waals surface area contributed by atoms with Gasteiger partial charge in [-0.25, -0.2) is 8.78 Å². The third kappa shape index (κ3) is 4.82. The number of alkyl halides is 2. The van der Waals surface area contributed by atoms with Gasteiger partial charge < -0.3 is 0 Å². The molecule has 0 aliphatic heterocycles. The normalized spacial score (nSPS) is 18.6. The zero-order valence-electron chi connectivity index (χ0n) is 9.01. The maximum absolute atomic E-state index is 13.8. The van der Waals surface area contributed by atoms with Gasteiger partial charge in [0.25, 0.3) is 20.2 Å². The molecule has 0 radical (unpaired) electrons. The molecule has 0 amide bonds. The predicted molar refractivity (Wildman–Crippen MR) is 56.0 cm³/mol. The highest BCUT2D eigenvalue weighted by molar-refractivity contribution is 7.87. The number of halogens is 2. The van der Waals surface area contributed by atoms with Crippen molar-refractivity contribution in [2.75, 3.05) is 0 Å². The summed E-state index contributed by atoms with van der Waals surface area (Å²) < 4.78 is 85.6. The molecule has 0 aliphatic carbocycles. The molecule has 0 saturated heterocycles. The largest absolute Gasteiger partial charge is 0.300 e. The fraction of sp³-hybridized carbons (Fsp3) is 1.00. The first kappa shape index (κ1) is 16.7. The van der Waals surface area contributed by atoms with Crippen molar-refractivity contribution in [3.63, 3.8) is 0 Å². The molecule has 0 aromatic rings. The molecule has 0 spiro atoms. The highest BCUT2D eigenvalue weighted by Crippen LogP contribution is 2.31. The molecule has 0 bridgehead atoms. The van der Waals surface area contributed by atoms with E-state index in [0.29, 0.717) is 0 Å². The van der Waals surface area contributed by atoms with Gasteiger partial charge >= 0.3 is 0 Å². The fourth-order valence-corrected chi connectivity index (χ4v) is 2.49. The van der Waals surface area contributed by atoms with Gasteiger partial charge in [0.05, 0.1) is 0 Å². The molecule has 2 atom stereocenters. The van der Waals surface area contributed by atoms with Crippen molar-refractivity contribution in [1.29, 1.82) is 0 Å². The summed E-state index contributed by atoms with van der Waals surface area (Å²) in [4.78, 5) is 0. The molecule has 104 valence electrons. The van der Waals surface area contributed by atoms with E-state index in [2.05, 4.69) is 0 Å². The van der Waals surface area contributed by atoms with Crippen molar-refractivity contribution in [3.05, 3.63) is 0 Å². The van der Waals surface area contributed by atoms with Gasteiger partial charge in [-0.3, -0.25) is 9.11 Å². The topological polar surface area (TPSA) is 109 Å². The monoisotopic (exact) mass is 296 g/mol. The summed E-state index contributed by atoms with van der Waals surface area (Å²) in [6.45, 7) is 1.44. The van der Waals surface area contributed by atoms with Crippen molar-refractivity contribution < 1.29 is 34.7 Å². The van der Waals surface area contributed by atoms with Gasteiger partial charge in [0.15, 0.2) is 0 Å². The predicted octanol–water partition coefficient (Wildman–Crippen LogP) is 1.30. The van der Waals surface area contributed by atoms with Crippen LogP contribution in [0.3, 0.4) is 0 Å². The zero-order chi connectivity index (χ0) is 13.9. The van der Waals surface area contributed by atoms with Gasteiger partial charge in [0, 0.05) is 6.42 Å². The molecule has 6 nitrogen and oxygen atoms in total. The van der Waals surface area contributed by atoms with Crippen molar-refractivity contribution in [2.45, 2.75) is 43.1 Å². The molecule has 0 aromatic carbocycles. The van der Waals surface area contributed by atoms with Gasteiger partial charge in [-0.1, -0.05) is 13.3 Å². The van der Waals surface area contributed by atoms with E-state index >= 15 is 0 Å². The highest BCUT2D eigenvalue weighted by Gasteiger charge is 2.43. The van der Waals surface area contributed by atoms with Gasteiger partial charge in [0.2, 0.25) is 10.5 Å². The van der Waals surface area contributed by atoms with Gasteiger partial charge in [-0.15, -0.1) is 0 Å². The van der Waals surface area contributed by atoms with Crippen LogP contribution in [0.1, 0.15) is 32.6 Å². The van der Waals surface area contributed by atoms with Crippen LogP contribution in [0.15, 0.2) is 0 Å². The first-order chi connectivity index (χ1) is 7.44. The second kappa shape index (κ2) is 5.55. The van der Waals surface area contributed by atoms with Crippen LogP contribution in [-0.4, -0.2) is 36.4 Å². The van der Waals surface area contributed by atoms with E-state index in [0.717, 1.165) is 0 Å². The van der Waals surface area contributed by atoms with Crippen LogP contribution in [0.25, 0.3) is 0 Å². The number of hydrogen-bond donors (Lipinski definition) is 2. The first-order valence-corrected chi connectivity index (χ1v) is 7.64. The molecule has 0 aromatic heterocycles. The Morgan fingerprint density at radius 3 is 1.94 bits per heavy atom. The Kier molecular flexibility index (Phi) is 5.44. The Labute approximate surface area is 98.5 Å². The van der Waals surface area contributed by atoms with E-state index in [-0.39, 0.29) is 6.42 Å². The molecule has 0 saturated carbocycles. The summed E-state index contributed by atoms with van der Waals surface area (Å²) in [5.41, 5.74) is -2.78. The highest BCUT2D eigenvalue weighted by atomic mass is 32.2. The van der Waals surface area contributed by atoms with Gasteiger partial charge in [-0.05, 0) is 12.8 Å². The zero-order valence-corrected chi connectivity index (χ0v) is 10.6. The lowest BCUT2D eigenvalue weighted by molar-refractivity contribution is 0.196. The summed E-state index contributed by atoms with van der Waals surface area (Å²) in [5.74, 6) is 0. The third-order valence-corrected chi connectivity index (χ3v) is 4.37. The van der Waals surface area contributed by atoms with Crippen LogP contribution < -0.4 is 0 Å². The van der Waals surface area contributed by atoms with Crippen LogP contribution in [-0.2, 0) is 20.2 Å². The molecule has 2 unspecified atom stereocenters. The van der Waals surface area contributed by atoms with E-state index in [9.17, 15) is 25.6 Å². The smallest absolute Gasteiger partial charge is 0.283 e. The van der Waals surface area contributed by atoms with Gasteiger partial charge in [0.1, 0.15) is 0 Å². The van der Waals surface area contributed by atoms with Crippen molar-refractivity contribution in [1.82, 2.24) is 0 Å². The lowest BCUT2D eigenvalue weighted by Crippen LogP contribution is -2.34. The van der Waals surface area contributed by atoms with E-state index in [4.69, 9.17) is 9.11 Å². The summed E-state index contributed by atoms with van der Waals surface area (Å²) in [7, 11) is -10.1. The minimum absolute atomic E-state index is 0.0547. The van der Waals surface area contributed by atoms with Crippen LogP contribution in [0.5, 0.6) is 0 Å². The minimum atomic E-state index is -5.08. The maximum atomic E-state index is 13.8. The summed E-state index contributed by atoms with van der Waals surface area (Å²) >= 11 is 0. The molecule has 0 fully saturated rings. The molecular formula is C7H14F2O6S2. The summed E-state index contributed by atoms with van der Waals surface area (Å²) in [5, 5.41) is -3.10. The Morgan fingerprint density at radius 1 is 1.18 bits per heavy atom. The molecule has 10 heteroatoms. The molecule has 0 aliphatic rings. The minimum Gasteiger partial charge on any atom is -0.283 e. The molecular weight excluding hydrogens is 282 g/mol. The Morgan fingerprint density at radius 2 is 1.65 bits per heavy atom. The Bertz CT molecular complexity index is 445. The first-order valence-electron chi connectivity index (χ1n) is 4.70. The second-order valence-corrected chi connectivity index (χ2v) is 6.80. The average molecular weight is 296 g/mol. The van der Waals surface area contributed by atoms with Crippen LogP contribution in [0.2, 0.25) is 0 Å².